The highest BCUT2D eigenvalue weighted by Gasteiger charge is 2.26. The Labute approximate surface area is 103 Å². The highest BCUT2D eigenvalue weighted by atomic mass is 16.4. The van der Waals surface area contributed by atoms with Crippen molar-refractivity contribution in [3.05, 3.63) is 0 Å². The second-order valence-corrected chi connectivity index (χ2v) is 5.51. The molecule has 4 N–H and O–H groups in total. The molecular formula is C12H24N2O3. The average molecular weight is 244 g/mol. The minimum absolute atomic E-state index is 0.00763. The van der Waals surface area contributed by atoms with Crippen LogP contribution in [0.4, 0.5) is 0 Å². The van der Waals surface area contributed by atoms with Crippen LogP contribution in [0.25, 0.3) is 0 Å². The maximum atomic E-state index is 11.9. The lowest BCUT2D eigenvalue weighted by Gasteiger charge is -2.25. The van der Waals surface area contributed by atoms with Gasteiger partial charge in [0, 0.05) is 6.54 Å². The van der Waals surface area contributed by atoms with Gasteiger partial charge in [-0.1, -0.05) is 27.7 Å². The number of amides is 1. The minimum atomic E-state index is -1.01. The third-order valence-electron chi connectivity index (χ3n) is 2.54. The predicted octanol–water partition coefficient (Wildman–Crippen LogP) is 0.977. The van der Waals surface area contributed by atoms with Gasteiger partial charge in [-0.15, -0.1) is 0 Å². The second-order valence-electron chi connectivity index (χ2n) is 5.51. The summed E-state index contributed by atoms with van der Waals surface area (Å²) in [6.45, 7) is 8.03. The van der Waals surface area contributed by atoms with Gasteiger partial charge in [0.05, 0.1) is 5.92 Å². The second kappa shape index (κ2) is 6.59. The van der Waals surface area contributed by atoms with E-state index >= 15 is 0 Å². The molecule has 17 heavy (non-hydrogen) atoms. The molecule has 2 unspecified atom stereocenters. The number of hydrogen-bond acceptors (Lipinski definition) is 3. The Morgan fingerprint density at radius 3 is 2.18 bits per heavy atom. The number of hydrogen-bond donors (Lipinski definition) is 3. The highest BCUT2D eigenvalue weighted by molar-refractivity contribution is 5.85. The van der Waals surface area contributed by atoms with E-state index in [9.17, 15) is 9.59 Å². The molecule has 0 spiro atoms. The molecule has 0 saturated heterocycles. The van der Waals surface area contributed by atoms with Crippen molar-refractivity contribution in [1.29, 1.82) is 0 Å². The van der Waals surface area contributed by atoms with Crippen LogP contribution in [-0.2, 0) is 9.59 Å². The zero-order chi connectivity index (χ0) is 13.6. The first-order chi connectivity index (χ1) is 7.71. The molecule has 100 valence electrons. The number of nitrogens with one attached hydrogen (secondary N) is 1. The predicted molar refractivity (Wildman–Crippen MR) is 66.5 cm³/mol. The van der Waals surface area contributed by atoms with Crippen LogP contribution in [0, 0.1) is 11.3 Å². The topological polar surface area (TPSA) is 92.4 Å². The molecule has 1 amide bonds. The Morgan fingerprint density at radius 1 is 1.35 bits per heavy atom. The number of carbonyl (C=O) groups excluding carboxylic acids is 1. The number of aliphatic carboxylic acids is 1. The lowest BCUT2D eigenvalue weighted by atomic mass is 9.84. The van der Waals surface area contributed by atoms with Crippen molar-refractivity contribution in [2.24, 2.45) is 17.1 Å². The first-order valence-corrected chi connectivity index (χ1v) is 5.94. The molecular weight excluding hydrogens is 220 g/mol. The van der Waals surface area contributed by atoms with E-state index in [-0.39, 0.29) is 23.8 Å². The van der Waals surface area contributed by atoms with E-state index < -0.39 is 12.0 Å². The van der Waals surface area contributed by atoms with Crippen LogP contribution in [0.5, 0.6) is 0 Å². The summed E-state index contributed by atoms with van der Waals surface area (Å²) in [5, 5.41) is 11.4. The van der Waals surface area contributed by atoms with E-state index in [1.807, 2.05) is 20.8 Å². The van der Waals surface area contributed by atoms with Crippen LogP contribution >= 0.6 is 0 Å². The van der Waals surface area contributed by atoms with Gasteiger partial charge in [-0.05, 0) is 18.3 Å². The molecule has 0 saturated carbocycles. The first kappa shape index (κ1) is 15.9. The van der Waals surface area contributed by atoms with Crippen LogP contribution in [0.1, 0.15) is 40.5 Å². The standard InChI is InChI=1S/C12H24N2O3/c1-5-9(11(16)17)14-10(15)8(7-13)6-12(2,3)4/h8-9H,5-7,13H2,1-4H3,(H,14,15)(H,16,17). The minimum Gasteiger partial charge on any atom is -0.480 e. The molecule has 0 heterocycles. The molecule has 2 atom stereocenters. The molecule has 0 aromatic rings. The Bertz CT molecular complexity index is 271. The summed E-state index contributed by atoms with van der Waals surface area (Å²) in [5.74, 6) is -1.60. The van der Waals surface area contributed by atoms with E-state index in [1.165, 1.54) is 0 Å². The van der Waals surface area contributed by atoms with Gasteiger partial charge < -0.3 is 16.2 Å². The van der Waals surface area contributed by atoms with Gasteiger partial charge in [-0.2, -0.15) is 0 Å². The van der Waals surface area contributed by atoms with Crippen LogP contribution in [-0.4, -0.2) is 29.6 Å². The largest absolute Gasteiger partial charge is 0.480 e. The maximum Gasteiger partial charge on any atom is 0.326 e. The summed E-state index contributed by atoms with van der Waals surface area (Å²) in [5.41, 5.74) is 5.56. The normalized spacial score (nSPS) is 15.1. The van der Waals surface area contributed by atoms with Gasteiger partial charge in [-0.3, -0.25) is 4.79 Å². The SMILES string of the molecule is CCC(NC(=O)C(CN)CC(C)(C)C)C(=O)O. The molecule has 0 aromatic heterocycles. The lowest BCUT2D eigenvalue weighted by molar-refractivity contribution is -0.142. The van der Waals surface area contributed by atoms with Crippen molar-refractivity contribution in [1.82, 2.24) is 5.32 Å². The van der Waals surface area contributed by atoms with Gasteiger partial charge in [0.1, 0.15) is 6.04 Å². The van der Waals surface area contributed by atoms with Gasteiger partial charge in [0.25, 0.3) is 0 Å². The lowest BCUT2D eigenvalue weighted by Crippen LogP contribution is -2.45. The fourth-order valence-corrected chi connectivity index (χ4v) is 1.65. The third kappa shape index (κ3) is 6.26. The van der Waals surface area contributed by atoms with E-state index in [0.29, 0.717) is 12.8 Å². The zero-order valence-electron chi connectivity index (χ0n) is 11.1. The van der Waals surface area contributed by atoms with E-state index in [4.69, 9.17) is 10.8 Å². The summed E-state index contributed by atoms with van der Waals surface area (Å²) < 4.78 is 0. The Hall–Kier alpha value is -1.10. The zero-order valence-corrected chi connectivity index (χ0v) is 11.1. The molecule has 0 rings (SSSR count). The van der Waals surface area contributed by atoms with Crippen LogP contribution in [0.2, 0.25) is 0 Å². The molecule has 0 aromatic carbocycles. The fourth-order valence-electron chi connectivity index (χ4n) is 1.65. The van der Waals surface area contributed by atoms with Crippen LogP contribution in [0.15, 0.2) is 0 Å². The molecule has 0 bridgehead atoms. The number of carbonyl (C=O) groups is 2. The molecule has 0 aliphatic carbocycles. The Balaban J connectivity index is 4.50. The third-order valence-corrected chi connectivity index (χ3v) is 2.54. The Kier molecular flexibility index (Phi) is 6.16. The molecule has 5 heteroatoms. The van der Waals surface area contributed by atoms with Crippen molar-refractivity contribution in [3.8, 4) is 0 Å². The Morgan fingerprint density at radius 2 is 1.88 bits per heavy atom. The quantitative estimate of drug-likeness (QED) is 0.649. The summed E-state index contributed by atoms with van der Waals surface area (Å²) in [6, 6.07) is -0.823. The van der Waals surface area contributed by atoms with Crippen molar-refractivity contribution in [3.63, 3.8) is 0 Å². The summed E-state index contributed by atoms with van der Waals surface area (Å²) in [6.07, 6.45) is 1.01. The molecule has 0 radical (unpaired) electrons. The summed E-state index contributed by atoms with van der Waals surface area (Å²) in [4.78, 5) is 22.7. The van der Waals surface area contributed by atoms with Crippen molar-refractivity contribution in [2.45, 2.75) is 46.6 Å². The van der Waals surface area contributed by atoms with Gasteiger partial charge in [-0.25, -0.2) is 4.79 Å². The molecule has 0 aliphatic rings. The van der Waals surface area contributed by atoms with Crippen LogP contribution < -0.4 is 11.1 Å². The fraction of sp³-hybridized carbons (Fsp3) is 0.833. The van der Waals surface area contributed by atoms with Crippen LogP contribution in [0.3, 0.4) is 0 Å². The van der Waals surface area contributed by atoms with Crippen molar-refractivity contribution in [2.75, 3.05) is 6.54 Å². The molecule has 0 aliphatic heterocycles. The smallest absolute Gasteiger partial charge is 0.326 e. The number of carboxylic acids is 1. The number of nitrogens with two attached hydrogens (primary N) is 1. The number of rotatable bonds is 6. The molecule has 0 fully saturated rings. The maximum absolute atomic E-state index is 11.9. The number of carboxylic acid groups (broad SMARTS) is 1. The van der Waals surface area contributed by atoms with Gasteiger partial charge in [0.15, 0.2) is 0 Å². The average Bonchev–Trinajstić information content (AvgIpc) is 2.20. The molecule has 5 nitrogen and oxygen atoms in total. The summed E-state index contributed by atoms with van der Waals surface area (Å²) in [7, 11) is 0. The van der Waals surface area contributed by atoms with E-state index in [1.54, 1.807) is 6.92 Å². The van der Waals surface area contributed by atoms with Crippen molar-refractivity contribution >= 4 is 11.9 Å². The highest BCUT2D eigenvalue weighted by Crippen LogP contribution is 2.24. The van der Waals surface area contributed by atoms with E-state index in [0.717, 1.165) is 0 Å². The van der Waals surface area contributed by atoms with Gasteiger partial charge in [0.2, 0.25) is 5.91 Å². The monoisotopic (exact) mass is 244 g/mol. The first-order valence-electron chi connectivity index (χ1n) is 5.94. The van der Waals surface area contributed by atoms with Gasteiger partial charge >= 0.3 is 5.97 Å². The van der Waals surface area contributed by atoms with E-state index in [2.05, 4.69) is 5.32 Å². The van der Waals surface area contributed by atoms with Crippen molar-refractivity contribution < 1.29 is 14.7 Å². The summed E-state index contributed by atoms with van der Waals surface area (Å²) >= 11 is 0.